The van der Waals surface area contributed by atoms with Gasteiger partial charge in [-0.3, -0.25) is 10.1 Å². The summed E-state index contributed by atoms with van der Waals surface area (Å²) >= 11 is 3.27. The smallest absolute Gasteiger partial charge is 0.349 e. The number of benzene rings is 2. The Hall–Kier alpha value is -3.07. The van der Waals surface area contributed by atoms with Crippen LogP contribution in [0, 0.1) is 10.1 Å². The van der Waals surface area contributed by atoms with Crippen molar-refractivity contribution in [1.29, 1.82) is 0 Å². The van der Waals surface area contributed by atoms with E-state index >= 15 is 0 Å². The van der Waals surface area contributed by atoms with E-state index in [4.69, 9.17) is 18.9 Å². The zero-order valence-electron chi connectivity index (χ0n) is 14.5. The Bertz CT molecular complexity index is 850. The summed E-state index contributed by atoms with van der Waals surface area (Å²) < 4.78 is 21.3. The highest BCUT2D eigenvalue weighted by Gasteiger charge is 2.16. The minimum absolute atomic E-state index is 0.152. The molecule has 8 nitrogen and oxygen atoms in total. The largest absolute Gasteiger partial charge is 0.497 e. The number of esters is 1. The summed E-state index contributed by atoms with van der Waals surface area (Å²) in [6.45, 7) is -0.315. The van der Waals surface area contributed by atoms with E-state index in [1.165, 1.54) is 19.3 Å². The lowest BCUT2D eigenvalue weighted by atomic mass is 10.2. The first kappa shape index (κ1) is 20.2. The molecule has 0 N–H and O–H groups in total. The van der Waals surface area contributed by atoms with Crippen molar-refractivity contribution in [2.45, 2.75) is 0 Å². The second-order valence-corrected chi connectivity index (χ2v) is 5.93. The maximum atomic E-state index is 12.1. The molecule has 0 saturated heterocycles. The lowest BCUT2D eigenvalue weighted by Gasteiger charge is -2.12. The third-order valence-corrected chi connectivity index (χ3v) is 3.86. The van der Waals surface area contributed by atoms with Crippen LogP contribution in [0.25, 0.3) is 6.08 Å². The lowest BCUT2D eigenvalue weighted by Crippen LogP contribution is -2.18. The summed E-state index contributed by atoms with van der Waals surface area (Å²) in [5.41, 5.74) is 0.504. The summed E-state index contributed by atoms with van der Waals surface area (Å²) in [6, 6.07) is 9.82. The van der Waals surface area contributed by atoms with Crippen molar-refractivity contribution in [2.75, 3.05) is 20.8 Å². The molecule has 0 heterocycles. The Kier molecular flexibility index (Phi) is 7.18. The number of nitrogens with zero attached hydrogens (tertiary/aromatic N) is 1. The molecule has 2 rings (SSSR count). The topological polar surface area (TPSA) is 97.1 Å². The predicted molar refractivity (Wildman–Crippen MR) is 101 cm³/mol. The minimum atomic E-state index is -0.640. The Morgan fingerprint density at radius 1 is 1.15 bits per heavy atom. The zero-order valence-corrected chi connectivity index (χ0v) is 16.1. The number of ether oxygens (including phenoxy) is 4. The van der Waals surface area contributed by atoms with Gasteiger partial charge in [-0.2, -0.15) is 0 Å². The maximum absolute atomic E-state index is 12.1. The minimum Gasteiger partial charge on any atom is -0.497 e. The first-order valence-corrected chi connectivity index (χ1v) is 8.39. The van der Waals surface area contributed by atoms with E-state index in [2.05, 4.69) is 15.9 Å². The molecule has 0 atom stereocenters. The third kappa shape index (κ3) is 6.00. The molecule has 9 heteroatoms. The summed E-state index contributed by atoms with van der Waals surface area (Å²) in [6.07, 6.45) is 2.10. The lowest BCUT2D eigenvalue weighted by molar-refractivity contribution is -0.400. The van der Waals surface area contributed by atoms with Gasteiger partial charge in [-0.05, 0) is 57.9 Å². The van der Waals surface area contributed by atoms with Gasteiger partial charge in [-0.1, -0.05) is 0 Å². The molecule has 0 aliphatic rings. The van der Waals surface area contributed by atoms with Crippen LogP contribution in [0.4, 0.5) is 0 Å². The SMILES string of the molecule is COc1ccc(OCC(=O)Oc2c(Br)cc(/C=C/[N+](=O)[O-])cc2OC)cc1. The average Bonchev–Trinajstić information content (AvgIpc) is 2.66. The molecule has 0 aliphatic heterocycles. The first-order chi connectivity index (χ1) is 12.9. The fraction of sp³-hybridized carbons (Fsp3) is 0.167. The molecule has 142 valence electrons. The van der Waals surface area contributed by atoms with Crippen LogP contribution in [-0.4, -0.2) is 31.7 Å². The fourth-order valence-corrected chi connectivity index (χ4v) is 2.58. The molecule has 27 heavy (non-hydrogen) atoms. The molecule has 0 saturated carbocycles. The van der Waals surface area contributed by atoms with Gasteiger partial charge in [0.15, 0.2) is 18.1 Å². The van der Waals surface area contributed by atoms with Crippen molar-refractivity contribution >= 4 is 28.0 Å². The Morgan fingerprint density at radius 3 is 2.41 bits per heavy atom. The molecule has 0 unspecified atom stereocenters. The average molecular weight is 438 g/mol. The predicted octanol–water partition coefficient (Wildman–Crippen LogP) is 3.70. The van der Waals surface area contributed by atoms with Gasteiger partial charge >= 0.3 is 5.97 Å². The summed E-state index contributed by atoms with van der Waals surface area (Å²) in [7, 11) is 2.95. The number of carbonyl (C=O) groups is 1. The van der Waals surface area contributed by atoms with Crippen LogP contribution in [-0.2, 0) is 4.79 Å². The molecule has 0 aromatic heterocycles. The number of methoxy groups -OCH3 is 2. The van der Waals surface area contributed by atoms with Crippen LogP contribution in [0.15, 0.2) is 47.1 Å². The van der Waals surface area contributed by atoms with Crippen LogP contribution >= 0.6 is 15.9 Å². The Balaban J connectivity index is 2.06. The quantitative estimate of drug-likeness (QED) is 0.268. The fourth-order valence-electron chi connectivity index (χ4n) is 2.04. The van der Waals surface area contributed by atoms with Gasteiger partial charge < -0.3 is 18.9 Å². The van der Waals surface area contributed by atoms with Crippen molar-refractivity contribution < 1.29 is 28.7 Å². The molecule has 0 fully saturated rings. The van der Waals surface area contributed by atoms with Gasteiger partial charge in [-0.15, -0.1) is 0 Å². The van der Waals surface area contributed by atoms with Crippen molar-refractivity contribution in [1.82, 2.24) is 0 Å². The number of carbonyl (C=O) groups excluding carboxylic acids is 1. The van der Waals surface area contributed by atoms with Crippen LogP contribution in [0.2, 0.25) is 0 Å². The molecule has 0 radical (unpaired) electrons. The van der Waals surface area contributed by atoms with Gasteiger partial charge in [0.2, 0.25) is 6.20 Å². The highest BCUT2D eigenvalue weighted by atomic mass is 79.9. The van der Waals surface area contributed by atoms with E-state index in [9.17, 15) is 14.9 Å². The number of hydrogen-bond acceptors (Lipinski definition) is 7. The van der Waals surface area contributed by atoms with E-state index < -0.39 is 10.9 Å². The molecule has 0 spiro atoms. The van der Waals surface area contributed by atoms with Gasteiger partial charge in [-0.25, -0.2) is 4.79 Å². The van der Waals surface area contributed by atoms with E-state index in [-0.39, 0.29) is 18.1 Å². The normalized spacial score (nSPS) is 10.5. The van der Waals surface area contributed by atoms with Crippen LogP contribution in [0.3, 0.4) is 0 Å². The van der Waals surface area contributed by atoms with Crippen molar-refractivity contribution in [2.24, 2.45) is 0 Å². The van der Waals surface area contributed by atoms with E-state index in [0.717, 1.165) is 6.20 Å². The molecular formula is C18H16BrNO7. The number of rotatable bonds is 8. The standard InChI is InChI=1S/C18H16BrNO7/c1-24-13-3-5-14(6-4-13)26-11-17(21)27-18-15(19)9-12(7-8-20(22)23)10-16(18)25-2/h3-10H,11H2,1-2H3/b8-7+. The Morgan fingerprint density at radius 2 is 1.81 bits per heavy atom. The molecular weight excluding hydrogens is 422 g/mol. The molecule has 0 bridgehead atoms. The first-order valence-electron chi connectivity index (χ1n) is 7.59. The molecule has 2 aromatic rings. The zero-order chi connectivity index (χ0) is 19.8. The highest BCUT2D eigenvalue weighted by Crippen LogP contribution is 2.37. The van der Waals surface area contributed by atoms with Gasteiger partial charge in [0.05, 0.1) is 23.6 Å². The Labute approximate surface area is 163 Å². The number of hydrogen-bond donors (Lipinski definition) is 0. The summed E-state index contributed by atoms with van der Waals surface area (Å²) in [5.74, 6) is 0.909. The van der Waals surface area contributed by atoms with E-state index in [1.54, 1.807) is 37.4 Å². The van der Waals surface area contributed by atoms with Crippen molar-refractivity contribution in [3.63, 3.8) is 0 Å². The number of nitro groups is 1. The van der Waals surface area contributed by atoms with Gasteiger partial charge in [0.25, 0.3) is 0 Å². The maximum Gasteiger partial charge on any atom is 0.349 e. The monoisotopic (exact) mass is 437 g/mol. The van der Waals surface area contributed by atoms with Gasteiger partial charge in [0.1, 0.15) is 11.5 Å². The molecule has 0 amide bonds. The van der Waals surface area contributed by atoms with E-state index in [0.29, 0.717) is 21.5 Å². The molecule has 0 aliphatic carbocycles. The van der Waals surface area contributed by atoms with Crippen molar-refractivity contribution in [3.8, 4) is 23.0 Å². The van der Waals surface area contributed by atoms with Crippen LogP contribution < -0.4 is 18.9 Å². The van der Waals surface area contributed by atoms with Crippen LogP contribution in [0.1, 0.15) is 5.56 Å². The summed E-state index contributed by atoms with van der Waals surface area (Å²) in [4.78, 5) is 21.9. The second-order valence-electron chi connectivity index (χ2n) is 5.07. The third-order valence-electron chi connectivity index (χ3n) is 3.27. The van der Waals surface area contributed by atoms with Crippen molar-refractivity contribution in [3.05, 3.63) is 62.7 Å². The highest BCUT2D eigenvalue weighted by molar-refractivity contribution is 9.10. The number of halogens is 1. The van der Waals surface area contributed by atoms with Crippen LogP contribution in [0.5, 0.6) is 23.0 Å². The van der Waals surface area contributed by atoms with E-state index in [1.807, 2.05) is 0 Å². The van der Waals surface area contributed by atoms with Gasteiger partial charge in [0, 0.05) is 6.08 Å². The summed E-state index contributed by atoms with van der Waals surface area (Å²) in [5, 5.41) is 10.4. The molecule has 2 aromatic carbocycles. The second kappa shape index (κ2) is 9.58.